The fourth-order valence-electron chi connectivity index (χ4n) is 3.53. The zero-order valence-electron chi connectivity index (χ0n) is 16.4. The molecule has 0 aliphatic carbocycles. The van der Waals surface area contributed by atoms with Gasteiger partial charge in [-0.1, -0.05) is 12.1 Å². The highest BCUT2D eigenvalue weighted by molar-refractivity contribution is 6.04. The maximum absolute atomic E-state index is 12.7. The lowest BCUT2D eigenvalue weighted by atomic mass is 9.89. The third-order valence-corrected chi connectivity index (χ3v) is 4.97. The monoisotopic (exact) mass is 381 g/mol. The lowest BCUT2D eigenvalue weighted by Crippen LogP contribution is -2.43. The molecule has 28 heavy (non-hydrogen) atoms. The van der Waals surface area contributed by atoms with Crippen LogP contribution in [0.4, 0.5) is 10.5 Å². The summed E-state index contributed by atoms with van der Waals surface area (Å²) in [6.07, 6.45) is 1.97. The molecule has 1 saturated heterocycles. The Morgan fingerprint density at radius 2 is 1.96 bits per heavy atom. The third kappa shape index (κ3) is 4.82. The molecule has 2 N–H and O–H groups in total. The van der Waals surface area contributed by atoms with Crippen molar-refractivity contribution in [3.8, 4) is 5.75 Å². The number of urea groups is 1. The first-order chi connectivity index (χ1) is 13.6. The smallest absolute Gasteiger partial charge is 0.317 e. The summed E-state index contributed by atoms with van der Waals surface area (Å²) in [4.78, 5) is 26.4. The van der Waals surface area contributed by atoms with E-state index in [4.69, 9.17) is 4.74 Å². The van der Waals surface area contributed by atoms with Crippen molar-refractivity contribution in [3.05, 3.63) is 59.7 Å². The quantitative estimate of drug-likeness (QED) is 0.826. The van der Waals surface area contributed by atoms with Crippen LogP contribution >= 0.6 is 0 Å². The molecule has 3 amide bonds. The Morgan fingerprint density at radius 1 is 1.18 bits per heavy atom. The predicted molar refractivity (Wildman–Crippen MR) is 110 cm³/mol. The van der Waals surface area contributed by atoms with Crippen molar-refractivity contribution in [2.24, 2.45) is 0 Å². The van der Waals surface area contributed by atoms with Crippen LogP contribution in [-0.2, 0) is 0 Å². The molecule has 1 atom stereocenters. The molecule has 1 heterocycles. The van der Waals surface area contributed by atoms with E-state index >= 15 is 0 Å². The van der Waals surface area contributed by atoms with E-state index in [1.165, 1.54) is 0 Å². The molecule has 0 unspecified atom stereocenters. The van der Waals surface area contributed by atoms with Crippen LogP contribution in [0.1, 0.15) is 41.6 Å². The Morgan fingerprint density at radius 3 is 2.68 bits per heavy atom. The topological polar surface area (TPSA) is 70.7 Å². The lowest BCUT2D eigenvalue weighted by Gasteiger charge is -2.32. The number of anilines is 1. The van der Waals surface area contributed by atoms with Crippen molar-refractivity contribution in [1.29, 1.82) is 0 Å². The Labute approximate surface area is 165 Å². The summed E-state index contributed by atoms with van der Waals surface area (Å²) in [5.74, 6) is 0.870. The van der Waals surface area contributed by atoms with Crippen molar-refractivity contribution < 1.29 is 14.3 Å². The lowest BCUT2D eigenvalue weighted by molar-refractivity contribution is 0.102. The molecule has 0 radical (unpaired) electrons. The number of piperidine rings is 1. The van der Waals surface area contributed by atoms with Crippen LogP contribution in [0, 0.1) is 0 Å². The molecule has 148 valence electrons. The van der Waals surface area contributed by atoms with Gasteiger partial charge in [0.25, 0.3) is 5.91 Å². The van der Waals surface area contributed by atoms with Crippen LogP contribution in [0.2, 0.25) is 0 Å². The first-order valence-electron chi connectivity index (χ1n) is 9.71. The van der Waals surface area contributed by atoms with Crippen LogP contribution in [0.5, 0.6) is 5.75 Å². The average molecular weight is 381 g/mol. The molecule has 0 bridgehead atoms. The molecule has 6 heteroatoms. The number of hydrogen-bond donors (Lipinski definition) is 2. The second kappa shape index (κ2) is 9.26. The van der Waals surface area contributed by atoms with Gasteiger partial charge >= 0.3 is 6.03 Å². The summed E-state index contributed by atoms with van der Waals surface area (Å²) in [5, 5.41) is 5.61. The molecule has 1 aliphatic rings. The second-order valence-corrected chi connectivity index (χ2v) is 6.88. The van der Waals surface area contributed by atoms with Gasteiger partial charge in [-0.2, -0.15) is 0 Å². The van der Waals surface area contributed by atoms with Gasteiger partial charge in [0.15, 0.2) is 0 Å². The number of likely N-dealkylation sites (tertiary alicyclic amines) is 1. The van der Waals surface area contributed by atoms with Crippen molar-refractivity contribution >= 4 is 17.6 Å². The van der Waals surface area contributed by atoms with E-state index in [1.54, 1.807) is 7.05 Å². The van der Waals surface area contributed by atoms with Crippen molar-refractivity contribution in [2.75, 3.05) is 32.1 Å². The van der Waals surface area contributed by atoms with Crippen LogP contribution in [0.25, 0.3) is 0 Å². The Kier molecular flexibility index (Phi) is 6.53. The Bertz CT molecular complexity index is 820. The maximum Gasteiger partial charge on any atom is 0.317 e. The largest absolute Gasteiger partial charge is 0.494 e. The van der Waals surface area contributed by atoms with E-state index in [0.717, 1.165) is 36.4 Å². The number of benzene rings is 2. The van der Waals surface area contributed by atoms with Crippen LogP contribution in [0.3, 0.4) is 0 Å². The van der Waals surface area contributed by atoms with Gasteiger partial charge in [-0.25, -0.2) is 4.79 Å². The van der Waals surface area contributed by atoms with Gasteiger partial charge in [0.05, 0.1) is 6.61 Å². The van der Waals surface area contributed by atoms with Gasteiger partial charge in [-0.15, -0.1) is 0 Å². The summed E-state index contributed by atoms with van der Waals surface area (Å²) < 4.78 is 5.42. The first-order valence-corrected chi connectivity index (χ1v) is 9.71. The standard InChI is InChI=1S/C22H27N3O3/c1-3-28-20-11-9-19(10-12-20)24-21(26)17-7-4-6-16(14-17)18-8-5-13-25(15-18)22(27)23-2/h4,6-7,9-12,14,18H,3,5,8,13,15H2,1-2H3,(H,23,27)(H,24,26)/t18-/m1/s1. The fraction of sp³-hybridized carbons (Fsp3) is 0.364. The molecule has 1 fully saturated rings. The number of carbonyl (C=O) groups excluding carboxylic acids is 2. The number of carbonyl (C=O) groups is 2. The van der Waals surface area contributed by atoms with Gasteiger partial charge in [-0.05, 0) is 61.7 Å². The second-order valence-electron chi connectivity index (χ2n) is 6.88. The highest BCUT2D eigenvalue weighted by Gasteiger charge is 2.24. The van der Waals surface area contributed by atoms with E-state index in [0.29, 0.717) is 18.7 Å². The number of nitrogens with zero attached hydrogens (tertiary/aromatic N) is 1. The maximum atomic E-state index is 12.7. The predicted octanol–water partition coefficient (Wildman–Crippen LogP) is 3.86. The van der Waals surface area contributed by atoms with E-state index < -0.39 is 0 Å². The van der Waals surface area contributed by atoms with Crippen molar-refractivity contribution in [2.45, 2.75) is 25.7 Å². The molecule has 2 aromatic rings. The minimum absolute atomic E-state index is 0.0471. The van der Waals surface area contributed by atoms with E-state index in [1.807, 2.05) is 60.4 Å². The molecular formula is C22H27N3O3. The molecule has 3 rings (SSSR count). The first kappa shape index (κ1) is 19.7. The summed E-state index contributed by atoms with van der Waals surface area (Å²) in [7, 11) is 1.65. The highest BCUT2D eigenvalue weighted by atomic mass is 16.5. The summed E-state index contributed by atoms with van der Waals surface area (Å²) in [6.45, 7) is 3.98. The normalized spacial score (nSPS) is 16.4. The van der Waals surface area contributed by atoms with Gasteiger partial charge in [0, 0.05) is 37.3 Å². The number of amides is 3. The minimum atomic E-state index is -0.148. The highest BCUT2D eigenvalue weighted by Crippen LogP contribution is 2.27. The Hall–Kier alpha value is -3.02. The van der Waals surface area contributed by atoms with Crippen LogP contribution < -0.4 is 15.4 Å². The Balaban J connectivity index is 1.68. The summed E-state index contributed by atoms with van der Waals surface area (Å²) in [6, 6.07) is 15.0. The average Bonchev–Trinajstić information content (AvgIpc) is 2.75. The van der Waals surface area contributed by atoms with E-state index in [-0.39, 0.29) is 17.9 Å². The number of nitrogens with one attached hydrogen (secondary N) is 2. The van der Waals surface area contributed by atoms with E-state index in [9.17, 15) is 9.59 Å². The van der Waals surface area contributed by atoms with Crippen LogP contribution in [0.15, 0.2) is 48.5 Å². The fourth-order valence-corrected chi connectivity index (χ4v) is 3.53. The molecule has 2 aromatic carbocycles. The number of hydrogen-bond acceptors (Lipinski definition) is 3. The van der Waals surface area contributed by atoms with Crippen LogP contribution in [-0.4, -0.2) is 43.6 Å². The molecular weight excluding hydrogens is 354 g/mol. The number of rotatable bonds is 5. The minimum Gasteiger partial charge on any atom is -0.494 e. The number of ether oxygens (including phenoxy) is 1. The zero-order chi connectivity index (χ0) is 19.9. The molecule has 0 spiro atoms. The van der Waals surface area contributed by atoms with Crippen molar-refractivity contribution in [3.63, 3.8) is 0 Å². The summed E-state index contributed by atoms with van der Waals surface area (Å²) in [5.41, 5.74) is 2.43. The molecule has 1 aliphatic heterocycles. The molecule has 0 saturated carbocycles. The third-order valence-electron chi connectivity index (χ3n) is 4.97. The molecule has 0 aromatic heterocycles. The van der Waals surface area contributed by atoms with Gasteiger partial charge in [0.1, 0.15) is 5.75 Å². The van der Waals surface area contributed by atoms with E-state index in [2.05, 4.69) is 10.6 Å². The SMILES string of the molecule is CCOc1ccc(NC(=O)c2cccc([C@@H]3CCCN(C(=O)NC)C3)c2)cc1. The summed E-state index contributed by atoms with van der Waals surface area (Å²) >= 11 is 0. The van der Waals surface area contributed by atoms with Crippen molar-refractivity contribution in [1.82, 2.24) is 10.2 Å². The van der Waals surface area contributed by atoms with Gasteiger partial charge in [-0.3, -0.25) is 4.79 Å². The zero-order valence-corrected chi connectivity index (χ0v) is 16.4. The molecule has 6 nitrogen and oxygen atoms in total. The van der Waals surface area contributed by atoms with Gasteiger partial charge < -0.3 is 20.3 Å². The van der Waals surface area contributed by atoms with Gasteiger partial charge in [0.2, 0.25) is 0 Å².